The number of piperidine rings is 1. The summed E-state index contributed by atoms with van der Waals surface area (Å²) in [5, 5.41) is 3.48. The first kappa shape index (κ1) is 37.4. The third kappa shape index (κ3) is 9.89. The molecule has 1 N–H and O–H groups in total. The highest BCUT2D eigenvalue weighted by molar-refractivity contribution is 7.89. The van der Waals surface area contributed by atoms with E-state index in [-0.39, 0.29) is 29.9 Å². The van der Waals surface area contributed by atoms with Crippen molar-refractivity contribution in [2.75, 3.05) is 32.7 Å². The molecule has 2 saturated heterocycles. The maximum absolute atomic E-state index is 14.1. The van der Waals surface area contributed by atoms with Gasteiger partial charge in [-0.3, -0.25) is 9.69 Å². The number of likely N-dealkylation sites (tertiary alicyclic amines) is 1. The number of carbonyl (C=O) groups is 2. The van der Waals surface area contributed by atoms with Gasteiger partial charge in [0.15, 0.2) is 0 Å². The van der Waals surface area contributed by atoms with Crippen molar-refractivity contribution < 1.29 is 40.7 Å². The first-order valence-corrected chi connectivity index (χ1v) is 18.0. The summed E-state index contributed by atoms with van der Waals surface area (Å²) >= 11 is 6.02. The van der Waals surface area contributed by atoms with Gasteiger partial charge in [0.2, 0.25) is 15.9 Å². The van der Waals surface area contributed by atoms with Gasteiger partial charge in [0.25, 0.3) is 0 Å². The minimum atomic E-state index is -4.93. The van der Waals surface area contributed by atoms with E-state index in [1.54, 1.807) is 25.7 Å². The zero-order chi connectivity index (χ0) is 36.3. The fraction of sp³-hybridized carbons (Fsp3) is 0.429. The lowest BCUT2D eigenvalue weighted by Gasteiger charge is -2.42. The van der Waals surface area contributed by atoms with E-state index in [1.807, 2.05) is 53.4 Å². The first-order valence-electron chi connectivity index (χ1n) is 16.2. The maximum atomic E-state index is 14.1. The number of sulfonamides is 1. The Kier molecular flexibility index (Phi) is 11.4. The molecule has 50 heavy (non-hydrogen) atoms. The van der Waals surface area contributed by atoms with Crippen molar-refractivity contribution in [2.24, 2.45) is 0 Å². The van der Waals surface area contributed by atoms with Crippen LogP contribution in [0.25, 0.3) is 11.1 Å². The highest BCUT2D eigenvalue weighted by atomic mass is 35.5. The topological polar surface area (TPSA) is 108 Å². The van der Waals surface area contributed by atoms with Crippen molar-refractivity contribution in [2.45, 2.75) is 69.1 Å². The molecule has 2 fully saturated rings. The van der Waals surface area contributed by atoms with Gasteiger partial charge in [-0.1, -0.05) is 48.0 Å². The molecule has 2 amide bonds. The number of benzene rings is 3. The van der Waals surface area contributed by atoms with Crippen LogP contribution in [0, 0.1) is 0 Å². The molecule has 1 unspecified atom stereocenters. The normalized spacial score (nSPS) is 18.5. The van der Waals surface area contributed by atoms with Crippen LogP contribution in [-0.4, -0.2) is 91.3 Å². The average Bonchev–Trinajstić information content (AvgIpc) is 3.04. The van der Waals surface area contributed by atoms with Gasteiger partial charge >= 0.3 is 12.5 Å². The monoisotopic (exact) mass is 736 g/mol. The van der Waals surface area contributed by atoms with Crippen molar-refractivity contribution in [1.29, 1.82) is 0 Å². The number of carbonyl (C=O) groups excluding carboxylic acids is 2. The standard InChI is InChI=1S/C35H40ClF3N4O6S/c1-34(2,3)49-33(45)40-28-16-18-42(19-17-28)32(44)31-23-41(22-24-4-6-25(7-5-24)26-8-10-27(36)11-9-26)20-21-43(31)50(46,47)30-14-12-29(13-15-30)48-35(37,38)39/h4-15,28,31H,16-23H2,1-3H3,(H,40,45). The van der Waals surface area contributed by atoms with Gasteiger partial charge in [-0.2, -0.15) is 4.31 Å². The van der Waals surface area contributed by atoms with Crippen LogP contribution in [0.5, 0.6) is 5.75 Å². The molecule has 1 atom stereocenters. The number of alkyl carbamates (subject to hydrolysis) is 1. The highest BCUT2D eigenvalue weighted by Gasteiger charge is 2.42. The van der Waals surface area contributed by atoms with E-state index in [0.717, 1.165) is 45.3 Å². The predicted octanol–water partition coefficient (Wildman–Crippen LogP) is 6.30. The van der Waals surface area contributed by atoms with Crippen LogP contribution in [-0.2, 0) is 26.1 Å². The van der Waals surface area contributed by atoms with Crippen LogP contribution in [0.2, 0.25) is 5.02 Å². The number of halogens is 4. The highest BCUT2D eigenvalue weighted by Crippen LogP contribution is 2.29. The molecule has 5 rings (SSSR count). The molecule has 270 valence electrons. The predicted molar refractivity (Wildman–Crippen MR) is 182 cm³/mol. The molecule has 0 saturated carbocycles. The number of alkyl halides is 3. The van der Waals surface area contributed by atoms with Gasteiger partial charge in [0, 0.05) is 50.3 Å². The zero-order valence-corrected chi connectivity index (χ0v) is 29.5. The van der Waals surface area contributed by atoms with Gasteiger partial charge in [0.05, 0.1) is 4.90 Å². The third-order valence-corrected chi connectivity index (χ3v) is 10.6. The fourth-order valence-corrected chi connectivity index (χ4v) is 7.73. The second kappa shape index (κ2) is 15.2. The SMILES string of the molecule is CC(C)(C)OC(=O)NC1CCN(C(=O)C2CN(Cc3ccc(-c4ccc(Cl)cc4)cc3)CCN2S(=O)(=O)c2ccc(OC(F)(F)F)cc2)CC1. The summed E-state index contributed by atoms with van der Waals surface area (Å²) in [4.78, 5) is 29.8. The Balaban J connectivity index is 1.32. The zero-order valence-electron chi connectivity index (χ0n) is 28.0. The molecule has 0 aliphatic carbocycles. The van der Waals surface area contributed by atoms with E-state index in [1.165, 1.54) is 0 Å². The van der Waals surface area contributed by atoms with Crippen molar-refractivity contribution in [3.63, 3.8) is 0 Å². The molecule has 0 aromatic heterocycles. The number of rotatable bonds is 8. The smallest absolute Gasteiger partial charge is 0.444 e. The van der Waals surface area contributed by atoms with Crippen molar-refractivity contribution in [3.8, 4) is 16.9 Å². The van der Waals surface area contributed by atoms with Crippen molar-refractivity contribution in [3.05, 3.63) is 83.4 Å². The van der Waals surface area contributed by atoms with Crippen molar-refractivity contribution in [1.82, 2.24) is 19.4 Å². The Labute approximate surface area is 295 Å². The molecule has 0 radical (unpaired) electrons. The fourth-order valence-electron chi connectivity index (χ4n) is 6.04. The Morgan fingerprint density at radius 1 is 0.860 bits per heavy atom. The van der Waals surface area contributed by atoms with Crippen LogP contribution >= 0.6 is 11.6 Å². The Hall–Kier alpha value is -3.85. The summed E-state index contributed by atoms with van der Waals surface area (Å²) in [7, 11) is -4.30. The number of hydrogen-bond donors (Lipinski definition) is 1. The summed E-state index contributed by atoms with van der Waals surface area (Å²) < 4.78 is 76.4. The summed E-state index contributed by atoms with van der Waals surface area (Å²) in [6.45, 7) is 6.75. The maximum Gasteiger partial charge on any atom is 0.573 e. The van der Waals surface area contributed by atoms with Gasteiger partial charge in [0.1, 0.15) is 17.4 Å². The molecule has 0 bridgehead atoms. The Morgan fingerprint density at radius 2 is 1.44 bits per heavy atom. The quantitative estimate of drug-likeness (QED) is 0.290. The molecule has 2 aliphatic rings. The number of nitrogens with zero attached hydrogens (tertiary/aromatic N) is 3. The summed E-state index contributed by atoms with van der Waals surface area (Å²) in [6.07, 6.45) is -4.57. The molecule has 10 nitrogen and oxygen atoms in total. The largest absolute Gasteiger partial charge is 0.573 e. The van der Waals surface area contributed by atoms with Crippen molar-refractivity contribution >= 4 is 33.6 Å². The summed E-state index contributed by atoms with van der Waals surface area (Å²) in [5.74, 6) is -0.942. The van der Waals surface area contributed by atoms with Crippen LogP contribution in [0.15, 0.2) is 77.7 Å². The van der Waals surface area contributed by atoms with Gasteiger partial charge < -0.3 is 19.7 Å². The third-order valence-electron chi connectivity index (χ3n) is 8.43. The summed E-state index contributed by atoms with van der Waals surface area (Å²) in [6, 6.07) is 18.1. The van der Waals surface area contributed by atoms with E-state index in [9.17, 15) is 31.2 Å². The molecule has 2 heterocycles. The van der Waals surface area contributed by atoms with E-state index >= 15 is 0 Å². The molecule has 2 aliphatic heterocycles. The van der Waals surface area contributed by atoms with Gasteiger partial charge in [-0.15, -0.1) is 13.2 Å². The van der Waals surface area contributed by atoms with Gasteiger partial charge in [-0.05, 0) is 86.7 Å². The first-order chi connectivity index (χ1) is 23.5. The van der Waals surface area contributed by atoms with E-state index in [4.69, 9.17) is 16.3 Å². The molecule has 3 aromatic carbocycles. The molecule has 15 heteroatoms. The second-order valence-electron chi connectivity index (χ2n) is 13.3. The number of nitrogens with one attached hydrogen (secondary N) is 1. The minimum Gasteiger partial charge on any atom is -0.444 e. The van der Waals surface area contributed by atoms with Gasteiger partial charge in [-0.25, -0.2) is 13.2 Å². The van der Waals surface area contributed by atoms with Crippen LogP contribution in [0.3, 0.4) is 0 Å². The number of piperazine rings is 1. The second-order valence-corrected chi connectivity index (χ2v) is 15.7. The Morgan fingerprint density at radius 3 is 2.00 bits per heavy atom. The molecular formula is C35H40ClF3N4O6S. The number of hydrogen-bond acceptors (Lipinski definition) is 7. The Bertz CT molecular complexity index is 1740. The molecule has 0 spiro atoms. The molecule has 3 aromatic rings. The average molecular weight is 737 g/mol. The van der Waals surface area contributed by atoms with E-state index in [2.05, 4.69) is 10.1 Å². The number of amides is 2. The van der Waals surface area contributed by atoms with Crippen LogP contribution in [0.1, 0.15) is 39.2 Å². The van der Waals surface area contributed by atoms with Crippen LogP contribution in [0.4, 0.5) is 18.0 Å². The van der Waals surface area contributed by atoms with E-state index in [0.29, 0.717) is 44.0 Å². The lowest BCUT2D eigenvalue weighted by Crippen LogP contribution is -2.61. The van der Waals surface area contributed by atoms with E-state index < -0.39 is 39.9 Å². The minimum absolute atomic E-state index is 0.0148. The lowest BCUT2D eigenvalue weighted by molar-refractivity contribution is -0.274. The lowest BCUT2D eigenvalue weighted by atomic mass is 10.0. The number of ether oxygens (including phenoxy) is 2. The summed E-state index contributed by atoms with van der Waals surface area (Å²) in [5.41, 5.74) is 2.33. The molecular weight excluding hydrogens is 697 g/mol. The van der Waals surface area contributed by atoms with Crippen LogP contribution < -0.4 is 10.1 Å².